The summed E-state index contributed by atoms with van der Waals surface area (Å²) in [5, 5.41) is 4.43. The number of pyridine rings is 1. The fraction of sp³-hybridized carbons (Fsp3) is 0.367. The summed E-state index contributed by atoms with van der Waals surface area (Å²) in [6, 6.07) is 19.2. The molecule has 0 amide bonds. The number of fused-ring (bicyclic) bond motifs is 1. The Morgan fingerprint density at radius 3 is 2.47 bits per heavy atom. The molecule has 38 heavy (non-hydrogen) atoms. The molecule has 0 spiro atoms. The Bertz CT molecular complexity index is 1490. The summed E-state index contributed by atoms with van der Waals surface area (Å²) in [6.07, 6.45) is 0. The summed E-state index contributed by atoms with van der Waals surface area (Å²) in [7, 11) is 5.96. The van der Waals surface area contributed by atoms with Crippen LogP contribution in [0, 0.1) is 6.92 Å². The molecule has 0 saturated carbocycles. The quantitative estimate of drug-likeness (QED) is 0.394. The molecule has 1 N–H and O–H groups in total. The third-order valence-electron chi connectivity index (χ3n) is 7.09. The number of morpholine rings is 1. The second-order valence-electron chi connectivity index (χ2n) is 10.2. The van der Waals surface area contributed by atoms with Crippen LogP contribution < -0.4 is 15.8 Å². The van der Waals surface area contributed by atoms with Crippen molar-refractivity contribution in [3.8, 4) is 11.1 Å². The van der Waals surface area contributed by atoms with Gasteiger partial charge in [-0.25, -0.2) is 9.97 Å². The maximum atomic E-state index is 13.2. The van der Waals surface area contributed by atoms with E-state index in [0.29, 0.717) is 43.5 Å². The number of hydrogen-bond donors (Lipinski definition) is 1. The van der Waals surface area contributed by atoms with Crippen LogP contribution in [0.15, 0.2) is 59.4 Å². The average Bonchev–Trinajstić information content (AvgIpc) is 2.91. The van der Waals surface area contributed by atoms with Gasteiger partial charge in [0.2, 0.25) is 0 Å². The number of aryl methyl sites for hydroxylation is 2. The maximum Gasteiger partial charge on any atom is 0.275 e. The molecule has 8 nitrogen and oxygen atoms in total. The van der Waals surface area contributed by atoms with E-state index in [-0.39, 0.29) is 11.6 Å². The molecule has 8 heteroatoms. The molecule has 198 valence electrons. The van der Waals surface area contributed by atoms with Crippen molar-refractivity contribution in [1.82, 2.24) is 19.4 Å². The minimum absolute atomic E-state index is 0.00244. The van der Waals surface area contributed by atoms with Gasteiger partial charge in [-0.1, -0.05) is 48.5 Å². The van der Waals surface area contributed by atoms with Crippen molar-refractivity contribution in [2.45, 2.75) is 26.4 Å². The van der Waals surface area contributed by atoms with Gasteiger partial charge in [-0.3, -0.25) is 9.36 Å². The number of anilines is 2. The summed E-state index contributed by atoms with van der Waals surface area (Å²) < 4.78 is 7.12. The number of nitrogens with one attached hydrogen (secondary N) is 1. The van der Waals surface area contributed by atoms with E-state index in [0.717, 1.165) is 23.3 Å². The highest BCUT2D eigenvalue weighted by Crippen LogP contribution is 2.29. The fourth-order valence-corrected chi connectivity index (χ4v) is 5.08. The van der Waals surface area contributed by atoms with E-state index < -0.39 is 0 Å². The molecular formula is C30H36N6O2. The van der Waals surface area contributed by atoms with E-state index in [4.69, 9.17) is 9.72 Å². The normalized spacial score (nSPS) is 14.7. The molecular weight excluding hydrogens is 476 g/mol. The predicted octanol–water partition coefficient (Wildman–Crippen LogP) is 4.38. The van der Waals surface area contributed by atoms with Gasteiger partial charge in [0.1, 0.15) is 23.0 Å². The zero-order valence-electron chi connectivity index (χ0n) is 22.9. The highest BCUT2D eigenvalue weighted by Gasteiger charge is 2.20. The molecule has 2 aromatic carbocycles. The van der Waals surface area contributed by atoms with Crippen LogP contribution in [0.25, 0.3) is 22.2 Å². The molecule has 1 saturated heterocycles. The largest absolute Gasteiger partial charge is 0.378 e. The maximum absolute atomic E-state index is 13.2. The lowest BCUT2D eigenvalue weighted by Gasteiger charge is -2.29. The minimum atomic E-state index is -0.0540. The van der Waals surface area contributed by atoms with E-state index in [1.165, 1.54) is 16.7 Å². The third-order valence-corrected chi connectivity index (χ3v) is 7.09. The van der Waals surface area contributed by atoms with Crippen LogP contribution in [-0.4, -0.2) is 59.8 Å². The Morgan fingerprint density at radius 2 is 1.76 bits per heavy atom. The van der Waals surface area contributed by atoms with E-state index in [1.807, 2.05) is 13.0 Å². The van der Waals surface area contributed by atoms with E-state index in [2.05, 4.69) is 89.7 Å². The monoisotopic (exact) mass is 512 g/mol. The van der Waals surface area contributed by atoms with Crippen molar-refractivity contribution in [1.29, 1.82) is 0 Å². The van der Waals surface area contributed by atoms with Crippen LogP contribution in [0.5, 0.6) is 0 Å². The van der Waals surface area contributed by atoms with Gasteiger partial charge >= 0.3 is 0 Å². The van der Waals surface area contributed by atoms with Crippen LogP contribution in [0.1, 0.15) is 29.9 Å². The molecule has 0 bridgehead atoms. The van der Waals surface area contributed by atoms with Crippen LogP contribution in [0.2, 0.25) is 0 Å². The zero-order valence-corrected chi connectivity index (χ0v) is 22.9. The van der Waals surface area contributed by atoms with E-state index >= 15 is 0 Å². The summed E-state index contributed by atoms with van der Waals surface area (Å²) in [4.78, 5) is 26.8. The van der Waals surface area contributed by atoms with Crippen LogP contribution in [0.3, 0.4) is 0 Å². The molecule has 4 aromatic rings. The predicted molar refractivity (Wildman–Crippen MR) is 154 cm³/mol. The first-order valence-electron chi connectivity index (χ1n) is 13.1. The highest BCUT2D eigenvalue weighted by atomic mass is 16.5. The SMILES string of the molecule is Cc1nc(NC(C)c2ccc(-c3ccccc3CN(C)C)cc2)c2cc(N3CCOCC3)c(=O)n(C)c2n1. The average molecular weight is 513 g/mol. The molecule has 0 aliphatic carbocycles. The fourth-order valence-electron chi connectivity index (χ4n) is 5.08. The number of hydrogen-bond acceptors (Lipinski definition) is 7. The molecule has 1 fully saturated rings. The highest BCUT2D eigenvalue weighted by molar-refractivity contribution is 5.89. The number of ether oxygens (including phenoxy) is 1. The molecule has 3 heterocycles. The molecule has 0 radical (unpaired) electrons. The van der Waals surface area contributed by atoms with Crippen molar-refractivity contribution >= 4 is 22.5 Å². The first-order chi connectivity index (χ1) is 18.3. The third kappa shape index (κ3) is 5.28. The Balaban J connectivity index is 1.46. The lowest BCUT2D eigenvalue weighted by Crippen LogP contribution is -2.40. The van der Waals surface area contributed by atoms with Gasteiger partial charge in [0, 0.05) is 32.7 Å². The smallest absolute Gasteiger partial charge is 0.275 e. The number of rotatable bonds is 7. The van der Waals surface area contributed by atoms with Crippen LogP contribution >= 0.6 is 0 Å². The second-order valence-corrected chi connectivity index (χ2v) is 10.2. The number of benzene rings is 2. The minimum Gasteiger partial charge on any atom is -0.378 e. The van der Waals surface area contributed by atoms with Gasteiger partial charge in [0.15, 0.2) is 0 Å². The molecule has 5 rings (SSSR count). The van der Waals surface area contributed by atoms with E-state index in [9.17, 15) is 4.79 Å². The lowest BCUT2D eigenvalue weighted by atomic mass is 9.97. The van der Waals surface area contributed by atoms with Crippen LogP contribution in [-0.2, 0) is 18.3 Å². The van der Waals surface area contributed by atoms with Crippen molar-refractivity contribution in [3.05, 3.63) is 81.9 Å². The molecule has 1 atom stereocenters. The first-order valence-corrected chi connectivity index (χ1v) is 13.1. The zero-order chi connectivity index (χ0) is 26.8. The van der Waals surface area contributed by atoms with Crippen molar-refractivity contribution in [3.63, 3.8) is 0 Å². The Labute approximate surface area is 223 Å². The first kappa shape index (κ1) is 25.9. The number of aromatic nitrogens is 3. The Kier molecular flexibility index (Phi) is 7.44. The van der Waals surface area contributed by atoms with Gasteiger partial charge in [0.05, 0.1) is 18.6 Å². The summed E-state index contributed by atoms with van der Waals surface area (Å²) in [5.41, 5.74) is 6.15. The van der Waals surface area contributed by atoms with Gasteiger partial charge in [0.25, 0.3) is 5.56 Å². The summed E-state index contributed by atoms with van der Waals surface area (Å²) in [5.74, 6) is 1.35. The lowest BCUT2D eigenvalue weighted by molar-refractivity contribution is 0.122. The topological polar surface area (TPSA) is 75.5 Å². The molecule has 1 unspecified atom stereocenters. The van der Waals surface area contributed by atoms with Gasteiger partial charge < -0.3 is 19.9 Å². The number of nitrogens with zero attached hydrogens (tertiary/aromatic N) is 5. The van der Waals surface area contributed by atoms with Crippen molar-refractivity contribution in [2.24, 2.45) is 7.05 Å². The van der Waals surface area contributed by atoms with Gasteiger partial charge in [-0.05, 0) is 56.3 Å². The molecule has 2 aromatic heterocycles. The standard InChI is InChI=1S/C30H36N6O2/c1-20(22-10-12-23(13-11-22)25-9-7-6-8-24(25)19-34(3)4)31-28-26-18-27(36-14-16-38-17-15-36)30(37)35(5)29(26)33-21(2)32-28/h6-13,18,20H,14-17,19H2,1-5H3,(H,31,32,33). The van der Waals surface area contributed by atoms with Crippen LogP contribution in [0.4, 0.5) is 11.5 Å². The summed E-state index contributed by atoms with van der Waals surface area (Å²) >= 11 is 0. The van der Waals surface area contributed by atoms with Crippen molar-refractivity contribution in [2.75, 3.05) is 50.6 Å². The van der Waals surface area contributed by atoms with Gasteiger partial charge in [-0.2, -0.15) is 0 Å². The Morgan fingerprint density at radius 1 is 1.05 bits per heavy atom. The Hall–Kier alpha value is -3.75. The van der Waals surface area contributed by atoms with Crippen molar-refractivity contribution < 1.29 is 4.74 Å². The second kappa shape index (κ2) is 10.9. The van der Waals surface area contributed by atoms with E-state index in [1.54, 1.807) is 11.6 Å². The van der Waals surface area contributed by atoms with Gasteiger partial charge in [-0.15, -0.1) is 0 Å². The molecule has 1 aliphatic rings. The summed E-state index contributed by atoms with van der Waals surface area (Å²) in [6.45, 7) is 7.49. The molecule has 1 aliphatic heterocycles.